The van der Waals surface area contributed by atoms with Crippen LogP contribution in [0, 0.1) is 12.3 Å². The van der Waals surface area contributed by atoms with Crippen LogP contribution in [0.15, 0.2) is 48.7 Å². The molecule has 0 atom stereocenters. The Morgan fingerprint density at radius 2 is 1.69 bits per heavy atom. The first-order chi connectivity index (χ1) is 12.7. The molecule has 1 spiro atoms. The van der Waals surface area contributed by atoms with Gasteiger partial charge in [0.05, 0.1) is 5.69 Å². The van der Waals surface area contributed by atoms with Gasteiger partial charge in [-0.1, -0.05) is 35.9 Å². The van der Waals surface area contributed by atoms with Gasteiger partial charge >= 0.3 is 0 Å². The molecule has 2 saturated heterocycles. The van der Waals surface area contributed by atoms with Crippen LogP contribution in [0.1, 0.15) is 42.5 Å². The minimum atomic E-state index is 0.545. The van der Waals surface area contributed by atoms with Gasteiger partial charge in [-0.3, -0.25) is 14.8 Å². The summed E-state index contributed by atoms with van der Waals surface area (Å²) in [5.74, 6) is 0. The number of nitrogens with zero attached hydrogens (tertiary/aromatic N) is 3. The van der Waals surface area contributed by atoms with Crippen LogP contribution in [-0.2, 0) is 13.1 Å². The van der Waals surface area contributed by atoms with Gasteiger partial charge in [0.2, 0.25) is 0 Å². The smallest absolute Gasteiger partial charge is 0.0543 e. The maximum atomic E-state index is 4.49. The molecule has 3 nitrogen and oxygen atoms in total. The van der Waals surface area contributed by atoms with Gasteiger partial charge in [-0.2, -0.15) is 0 Å². The second-order valence-electron chi connectivity index (χ2n) is 8.40. The summed E-state index contributed by atoms with van der Waals surface area (Å²) in [6.07, 6.45) is 7.35. The Kier molecular flexibility index (Phi) is 5.37. The average Bonchev–Trinajstić information content (AvgIpc) is 2.67. The molecular weight excluding hydrogens is 318 g/mol. The molecule has 0 saturated carbocycles. The van der Waals surface area contributed by atoms with E-state index in [1.807, 2.05) is 12.3 Å². The van der Waals surface area contributed by atoms with E-state index in [1.165, 1.54) is 68.7 Å². The zero-order chi connectivity index (χ0) is 17.8. The molecule has 0 unspecified atom stereocenters. The number of aromatic nitrogens is 1. The van der Waals surface area contributed by atoms with Crippen LogP contribution in [0.2, 0.25) is 0 Å². The van der Waals surface area contributed by atoms with E-state index < -0.39 is 0 Å². The normalized spacial score (nSPS) is 21.1. The highest BCUT2D eigenvalue weighted by Gasteiger charge is 2.38. The minimum Gasteiger partial charge on any atom is -0.299 e. The van der Waals surface area contributed by atoms with Gasteiger partial charge in [-0.25, -0.2) is 0 Å². The lowest BCUT2D eigenvalue weighted by Crippen LogP contribution is -2.49. The highest BCUT2D eigenvalue weighted by Crippen LogP contribution is 2.40. The molecule has 1 aromatic heterocycles. The van der Waals surface area contributed by atoms with Crippen LogP contribution in [0.3, 0.4) is 0 Å². The Bertz CT molecular complexity index is 687. The maximum absolute atomic E-state index is 4.49. The quantitative estimate of drug-likeness (QED) is 0.822. The second-order valence-corrected chi connectivity index (χ2v) is 8.40. The van der Waals surface area contributed by atoms with E-state index in [9.17, 15) is 0 Å². The highest BCUT2D eigenvalue weighted by atomic mass is 15.2. The summed E-state index contributed by atoms with van der Waals surface area (Å²) >= 11 is 0. The number of likely N-dealkylation sites (tertiary alicyclic amines) is 2. The van der Waals surface area contributed by atoms with Gasteiger partial charge in [0, 0.05) is 25.8 Å². The molecule has 0 aliphatic carbocycles. The van der Waals surface area contributed by atoms with Crippen molar-refractivity contribution in [2.75, 3.05) is 26.2 Å². The van der Waals surface area contributed by atoms with Gasteiger partial charge in [0.25, 0.3) is 0 Å². The summed E-state index contributed by atoms with van der Waals surface area (Å²) in [5.41, 5.74) is 4.56. The third-order valence-electron chi connectivity index (χ3n) is 6.30. The fourth-order valence-electron chi connectivity index (χ4n) is 4.71. The Balaban J connectivity index is 1.32. The largest absolute Gasteiger partial charge is 0.299 e. The van der Waals surface area contributed by atoms with Crippen LogP contribution in [0.5, 0.6) is 0 Å². The molecule has 0 N–H and O–H groups in total. The standard InChI is InChI=1S/C23H31N3/c1-20-6-8-21(9-7-20)17-26-14-4-10-23(19-26)11-15-25(16-12-23)18-22-5-2-3-13-24-22/h2-3,5-9,13H,4,10-12,14-19H2,1H3. The SMILES string of the molecule is Cc1ccc(CN2CCCC3(CCN(Cc4ccccn4)CC3)C2)cc1. The van der Waals surface area contributed by atoms with E-state index in [0.717, 1.165) is 13.1 Å². The summed E-state index contributed by atoms with van der Waals surface area (Å²) in [4.78, 5) is 9.78. The van der Waals surface area contributed by atoms with Crippen LogP contribution in [-0.4, -0.2) is 41.0 Å². The van der Waals surface area contributed by atoms with Gasteiger partial charge in [-0.15, -0.1) is 0 Å². The number of benzene rings is 1. The molecule has 2 fully saturated rings. The van der Waals surface area contributed by atoms with E-state index >= 15 is 0 Å². The molecule has 3 heteroatoms. The molecule has 1 aromatic carbocycles. The van der Waals surface area contributed by atoms with E-state index in [0.29, 0.717) is 5.41 Å². The zero-order valence-corrected chi connectivity index (χ0v) is 16.0. The third-order valence-corrected chi connectivity index (χ3v) is 6.30. The van der Waals surface area contributed by atoms with Crippen molar-refractivity contribution in [2.24, 2.45) is 5.41 Å². The summed E-state index contributed by atoms with van der Waals surface area (Å²) in [5, 5.41) is 0. The molecule has 2 aliphatic rings. The van der Waals surface area contributed by atoms with Crippen molar-refractivity contribution in [1.82, 2.24) is 14.8 Å². The first kappa shape index (κ1) is 17.7. The molecule has 3 heterocycles. The summed E-state index contributed by atoms with van der Waals surface area (Å²) < 4.78 is 0. The second kappa shape index (κ2) is 7.89. The molecular formula is C23H31N3. The Morgan fingerprint density at radius 3 is 2.42 bits per heavy atom. The third kappa shape index (κ3) is 4.33. The maximum Gasteiger partial charge on any atom is 0.0543 e. The van der Waals surface area contributed by atoms with E-state index in [1.54, 1.807) is 0 Å². The van der Waals surface area contributed by atoms with Gasteiger partial charge in [-0.05, 0) is 75.4 Å². The molecule has 0 bridgehead atoms. The van der Waals surface area contributed by atoms with Crippen molar-refractivity contribution in [3.63, 3.8) is 0 Å². The Hall–Kier alpha value is -1.71. The monoisotopic (exact) mass is 349 g/mol. The fraction of sp³-hybridized carbons (Fsp3) is 0.522. The number of hydrogen-bond acceptors (Lipinski definition) is 3. The van der Waals surface area contributed by atoms with Gasteiger partial charge < -0.3 is 0 Å². The lowest BCUT2D eigenvalue weighted by atomic mass is 9.72. The fourth-order valence-corrected chi connectivity index (χ4v) is 4.71. The first-order valence-corrected chi connectivity index (χ1v) is 10.1. The van der Waals surface area contributed by atoms with Crippen LogP contribution in [0.4, 0.5) is 0 Å². The van der Waals surface area contributed by atoms with Crippen molar-refractivity contribution in [2.45, 2.75) is 45.7 Å². The molecule has 0 radical (unpaired) electrons. The van der Waals surface area contributed by atoms with E-state index in [2.05, 4.69) is 58.1 Å². The number of pyridine rings is 1. The van der Waals surface area contributed by atoms with Crippen molar-refractivity contribution >= 4 is 0 Å². The summed E-state index contributed by atoms with van der Waals surface area (Å²) in [6.45, 7) is 9.25. The Morgan fingerprint density at radius 1 is 0.885 bits per heavy atom. The van der Waals surface area contributed by atoms with Gasteiger partial charge in [0.15, 0.2) is 0 Å². The molecule has 2 aromatic rings. The number of piperidine rings is 2. The van der Waals surface area contributed by atoms with Gasteiger partial charge in [0.1, 0.15) is 0 Å². The number of rotatable bonds is 4. The Labute approximate surface area is 158 Å². The highest BCUT2D eigenvalue weighted by molar-refractivity contribution is 5.21. The zero-order valence-electron chi connectivity index (χ0n) is 16.0. The van der Waals surface area contributed by atoms with Crippen LogP contribution >= 0.6 is 0 Å². The van der Waals surface area contributed by atoms with Crippen molar-refractivity contribution in [3.8, 4) is 0 Å². The number of aryl methyl sites for hydroxylation is 1. The van der Waals surface area contributed by atoms with E-state index in [4.69, 9.17) is 0 Å². The van der Waals surface area contributed by atoms with Crippen molar-refractivity contribution < 1.29 is 0 Å². The number of hydrogen-bond donors (Lipinski definition) is 0. The first-order valence-electron chi connectivity index (χ1n) is 10.1. The molecule has 26 heavy (non-hydrogen) atoms. The molecule has 4 rings (SSSR count). The average molecular weight is 350 g/mol. The summed E-state index contributed by atoms with van der Waals surface area (Å²) in [7, 11) is 0. The summed E-state index contributed by atoms with van der Waals surface area (Å²) in [6, 6.07) is 15.3. The van der Waals surface area contributed by atoms with Crippen LogP contribution < -0.4 is 0 Å². The lowest BCUT2D eigenvalue weighted by Gasteiger charge is -2.47. The topological polar surface area (TPSA) is 19.4 Å². The molecule has 0 amide bonds. The van der Waals surface area contributed by atoms with Crippen molar-refractivity contribution in [3.05, 3.63) is 65.5 Å². The minimum absolute atomic E-state index is 0.545. The predicted octanol–water partition coefficient (Wildman–Crippen LogP) is 4.27. The predicted molar refractivity (Wildman–Crippen MR) is 107 cm³/mol. The molecule has 2 aliphatic heterocycles. The van der Waals surface area contributed by atoms with E-state index in [-0.39, 0.29) is 0 Å². The van der Waals surface area contributed by atoms with Crippen LogP contribution in [0.25, 0.3) is 0 Å². The molecule has 138 valence electrons. The lowest BCUT2D eigenvalue weighted by molar-refractivity contribution is 0.0182. The van der Waals surface area contributed by atoms with Crippen molar-refractivity contribution in [1.29, 1.82) is 0 Å².